The van der Waals surface area contributed by atoms with Crippen molar-refractivity contribution in [2.45, 2.75) is 12.7 Å². The van der Waals surface area contributed by atoms with Gasteiger partial charge in [-0.3, -0.25) is 4.79 Å². The molecule has 2 N–H and O–H groups in total. The molecule has 1 aromatic rings. The highest BCUT2D eigenvalue weighted by atomic mass is 35.5. The van der Waals surface area contributed by atoms with Crippen LogP contribution in [0.2, 0.25) is 5.02 Å². The molecule has 2 heterocycles. The van der Waals surface area contributed by atoms with Gasteiger partial charge in [-0.25, -0.2) is 9.78 Å². The highest BCUT2D eigenvalue weighted by Gasteiger charge is 2.53. The van der Waals surface area contributed by atoms with Crippen LogP contribution in [0.1, 0.15) is 5.56 Å². The first kappa shape index (κ1) is 19.1. The van der Waals surface area contributed by atoms with E-state index >= 15 is 0 Å². The number of hydrogen-bond acceptors (Lipinski definition) is 4. The van der Waals surface area contributed by atoms with E-state index in [0.717, 1.165) is 4.90 Å². The molecule has 1 aliphatic rings. The monoisotopic (exact) mass is 381 g/mol. The zero-order valence-electron chi connectivity index (χ0n) is 13.0. The Morgan fingerprint density at radius 2 is 2.16 bits per heavy atom. The van der Waals surface area contributed by atoms with Crippen molar-refractivity contribution in [3.05, 3.63) is 22.8 Å². The number of rotatable bonds is 4. The van der Waals surface area contributed by atoms with Crippen molar-refractivity contribution in [3.63, 3.8) is 0 Å². The predicted octanol–water partition coefficient (Wildman–Crippen LogP) is 2.15. The van der Waals surface area contributed by atoms with Gasteiger partial charge in [0, 0.05) is 25.8 Å². The second-order valence-electron chi connectivity index (χ2n) is 5.49. The predicted molar refractivity (Wildman–Crippen MR) is 80.3 cm³/mol. The molecule has 0 radical (unpaired) electrons. The fourth-order valence-electron chi connectivity index (χ4n) is 2.55. The number of likely N-dealkylation sites (tertiary alicyclic amines) is 1. The van der Waals surface area contributed by atoms with Gasteiger partial charge in [-0.05, 0) is 11.6 Å². The van der Waals surface area contributed by atoms with Crippen molar-refractivity contribution >= 4 is 23.6 Å². The minimum Gasteiger partial charge on any atom is -0.481 e. The Hall–Kier alpha value is -2.23. The topological polar surface area (TPSA) is 91.8 Å². The number of carboxylic acids is 1. The van der Waals surface area contributed by atoms with Gasteiger partial charge in [0.15, 0.2) is 0 Å². The van der Waals surface area contributed by atoms with Crippen LogP contribution < -0.4 is 10.1 Å². The van der Waals surface area contributed by atoms with E-state index in [-0.39, 0.29) is 17.4 Å². The average Bonchev–Trinajstić information content (AvgIpc) is 2.98. The molecule has 0 bridgehead atoms. The Morgan fingerprint density at radius 1 is 1.48 bits per heavy atom. The molecule has 0 saturated carbocycles. The van der Waals surface area contributed by atoms with Crippen LogP contribution in [0, 0.1) is 11.8 Å². The van der Waals surface area contributed by atoms with Gasteiger partial charge in [-0.2, -0.15) is 13.2 Å². The summed E-state index contributed by atoms with van der Waals surface area (Å²) in [5.41, 5.74) is 0.514. The van der Waals surface area contributed by atoms with Gasteiger partial charge >= 0.3 is 18.2 Å². The van der Waals surface area contributed by atoms with Crippen LogP contribution in [0.25, 0.3) is 0 Å². The summed E-state index contributed by atoms with van der Waals surface area (Å²) in [5, 5.41) is 11.6. The van der Waals surface area contributed by atoms with Crippen LogP contribution in [-0.2, 0) is 11.3 Å². The number of hydrogen-bond donors (Lipinski definition) is 2. The minimum atomic E-state index is -4.69. The van der Waals surface area contributed by atoms with Gasteiger partial charge in [-0.1, -0.05) is 11.6 Å². The van der Waals surface area contributed by atoms with Gasteiger partial charge in [0.1, 0.15) is 5.02 Å². The first-order valence-corrected chi connectivity index (χ1v) is 7.52. The molecule has 7 nitrogen and oxygen atoms in total. The summed E-state index contributed by atoms with van der Waals surface area (Å²) in [6.45, 7) is -1.23. The molecule has 2 rings (SSSR count). The molecule has 2 atom stereocenters. The lowest BCUT2D eigenvalue weighted by Gasteiger charge is -2.18. The summed E-state index contributed by atoms with van der Waals surface area (Å²) in [6.07, 6.45) is -3.29. The highest BCUT2D eigenvalue weighted by molar-refractivity contribution is 6.31. The maximum Gasteiger partial charge on any atom is 0.394 e. The smallest absolute Gasteiger partial charge is 0.394 e. The molecule has 2 amide bonds. The van der Waals surface area contributed by atoms with Crippen LogP contribution in [0.15, 0.2) is 12.3 Å². The fourth-order valence-corrected chi connectivity index (χ4v) is 2.82. The number of nitrogens with zero attached hydrogens (tertiary/aromatic N) is 2. The number of aliphatic carboxylic acids is 1. The van der Waals surface area contributed by atoms with E-state index in [0.29, 0.717) is 5.56 Å². The van der Waals surface area contributed by atoms with Crippen molar-refractivity contribution in [1.29, 1.82) is 0 Å². The second-order valence-corrected chi connectivity index (χ2v) is 5.90. The highest BCUT2D eigenvalue weighted by Crippen LogP contribution is 2.37. The summed E-state index contributed by atoms with van der Waals surface area (Å²) in [5.74, 6) is -5.15. The van der Waals surface area contributed by atoms with E-state index in [1.807, 2.05) is 0 Å². The van der Waals surface area contributed by atoms with Crippen LogP contribution in [0.4, 0.5) is 18.0 Å². The zero-order valence-corrected chi connectivity index (χ0v) is 13.8. The van der Waals surface area contributed by atoms with Gasteiger partial charge in [0.05, 0.1) is 18.9 Å². The third-order valence-corrected chi connectivity index (χ3v) is 4.12. The van der Waals surface area contributed by atoms with Crippen LogP contribution in [0.5, 0.6) is 5.88 Å². The number of aromatic nitrogens is 1. The lowest BCUT2D eigenvalue weighted by atomic mass is 9.96. The van der Waals surface area contributed by atoms with E-state index in [9.17, 15) is 22.8 Å². The number of alkyl halides is 3. The summed E-state index contributed by atoms with van der Waals surface area (Å²) in [7, 11) is 1.39. The molecule has 1 aliphatic heterocycles. The number of amides is 2. The Balaban J connectivity index is 1.99. The lowest BCUT2D eigenvalue weighted by molar-refractivity contribution is -0.187. The summed E-state index contributed by atoms with van der Waals surface area (Å²) in [4.78, 5) is 27.8. The molecular weight excluding hydrogens is 367 g/mol. The van der Waals surface area contributed by atoms with Crippen molar-refractivity contribution in [3.8, 4) is 5.88 Å². The lowest BCUT2D eigenvalue weighted by Crippen LogP contribution is -2.39. The minimum absolute atomic E-state index is 0.0273. The third-order valence-electron chi connectivity index (χ3n) is 3.85. The number of carbonyl (C=O) groups excluding carboxylic acids is 1. The van der Waals surface area contributed by atoms with Crippen molar-refractivity contribution in [2.75, 3.05) is 20.2 Å². The quantitative estimate of drug-likeness (QED) is 0.833. The number of ether oxygens (including phenoxy) is 1. The molecule has 0 spiro atoms. The molecule has 0 aliphatic carbocycles. The molecule has 138 valence electrons. The molecule has 1 fully saturated rings. The summed E-state index contributed by atoms with van der Waals surface area (Å²) >= 11 is 5.89. The van der Waals surface area contributed by atoms with E-state index in [1.54, 1.807) is 0 Å². The van der Waals surface area contributed by atoms with Crippen LogP contribution in [0.3, 0.4) is 0 Å². The standard InChI is InChI=1S/C14H15ClF3N3O4/c1-25-11-10(15)2-7(3-19-11)4-20-13(24)21-5-8(12(22)23)9(6-21)14(16,17)18/h2-3,8-9H,4-6H2,1H3,(H,20,24)(H,22,23)/t8-,9-/m1/s1. The molecule has 0 aromatic carbocycles. The van der Waals surface area contributed by atoms with Crippen molar-refractivity contribution in [1.82, 2.24) is 15.2 Å². The largest absolute Gasteiger partial charge is 0.481 e. The Labute approximate surface area is 145 Å². The van der Waals surface area contributed by atoms with E-state index in [2.05, 4.69) is 10.3 Å². The Kier molecular flexibility index (Phi) is 5.61. The number of halogens is 4. The molecule has 11 heteroatoms. The zero-order chi connectivity index (χ0) is 18.8. The van der Waals surface area contributed by atoms with Gasteiger partial charge in [0.2, 0.25) is 5.88 Å². The maximum absolute atomic E-state index is 12.9. The van der Waals surface area contributed by atoms with Gasteiger partial charge in [0.25, 0.3) is 0 Å². The molecule has 0 unspecified atom stereocenters. The van der Waals surface area contributed by atoms with Gasteiger partial charge in [-0.15, -0.1) is 0 Å². The average molecular weight is 382 g/mol. The molecular formula is C14H15ClF3N3O4. The van der Waals surface area contributed by atoms with Crippen LogP contribution >= 0.6 is 11.6 Å². The Morgan fingerprint density at radius 3 is 2.64 bits per heavy atom. The first-order chi connectivity index (χ1) is 11.6. The van der Waals surface area contributed by atoms with Gasteiger partial charge < -0.3 is 20.1 Å². The number of methoxy groups -OCH3 is 1. The van der Waals surface area contributed by atoms with Crippen molar-refractivity contribution < 1.29 is 32.6 Å². The van der Waals surface area contributed by atoms with E-state index in [1.165, 1.54) is 19.4 Å². The number of carboxylic acid groups (broad SMARTS) is 1. The SMILES string of the molecule is COc1ncc(CNC(=O)N2C[C@@H](C(F)(F)F)[C@H](C(=O)O)C2)cc1Cl. The maximum atomic E-state index is 12.9. The number of urea groups is 1. The third kappa shape index (κ3) is 4.44. The van der Waals surface area contributed by atoms with E-state index in [4.69, 9.17) is 21.4 Å². The molecule has 25 heavy (non-hydrogen) atoms. The summed E-state index contributed by atoms with van der Waals surface area (Å²) in [6, 6.07) is 0.709. The second kappa shape index (κ2) is 7.34. The summed E-state index contributed by atoms with van der Waals surface area (Å²) < 4.78 is 43.6. The van der Waals surface area contributed by atoms with Crippen molar-refractivity contribution in [2.24, 2.45) is 11.8 Å². The Bertz CT molecular complexity index is 671. The molecule has 1 saturated heterocycles. The number of carbonyl (C=O) groups is 2. The normalized spacial score (nSPS) is 20.4. The van der Waals surface area contributed by atoms with E-state index < -0.39 is 43.1 Å². The number of nitrogens with one attached hydrogen (secondary N) is 1. The first-order valence-electron chi connectivity index (χ1n) is 7.14. The fraction of sp³-hybridized carbons (Fsp3) is 0.500. The number of pyridine rings is 1. The molecule has 1 aromatic heterocycles. The van der Waals surface area contributed by atoms with Crippen LogP contribution in [-0.4, -0.2) is 53.4 Å².